The number of aromatic amines is 2. The Labute approximate surface area is 181 Å². The van der Waals surface area contributed by atoms with E-state index in [2.05, 4.69) is 33.2 Å². The van der Waals surface area contributed by atoms with E-state index in [-0.39, 0.29) is 6.61 Å². The lowest BCUT2D eigenvalue weighted by Crippen LogP contribution is -2.38. The Morgan fingerprint density at radius 2 is 2.03 bits per heavy atom. The van der Waals surface area contributed by atoms with Crippen LogP contribution in [-0.4, -0.2) is 59.4 Å². The van der Waals surface area contributed by atoms with Gasteiger partial charge >= 0.3 is 0 Å². The Morgan fingerprint density at radius 1 is 1.10 bits per heavy atom. The highest BCUT2D eigenvalue weighted by atomic mass is 16.5. The molecule has 6 heteroatoms. The number of benzene rings is 2. The van der Waals surface area contributed by atoms with E-state index in [1.165, 1.54) is 16.5 Å². The zero-order valence-electron chi connectivity index (χ0n) is 17.6. The molecule has 3 heterocycles. The van der Waals surface area contributed by atoms with E-state index in [0.29, 0.717) is 6.54 Å². The molecule has 0 amide bonds. The summed E-state index contributed by atoms with van der Waals surface area (Å²) >= 11 is 0. The Balaban J connectivity index is 1.19. The quantitative estimate of drug-likeness (QED) is 0.422. The topological polar surface area (TPSA) is 73.5 Å². The molecule has 0 bridgehead atoms. The minimum Gasteiger partial charge on any atom is -0.497 e. The number of hydrogen-bond donors (Lipinski definition) is 3. The number of nitrogens with one attached hydrogen (secondary N) is 2. The van der Waals surface area contributed by atoms with Gasteiger partial charge in [-0.05, 0) is 42.3 Å². The second kappa shape index (κ2) is 8.49. The van der Waals surface area contributed by atoms with Crippen LogP contribution in [0.15, 0.2) is 60.9 Å². The van der Waals surface area contributed by atoms with E-state index in [0.717, 1.165) is 47.4 Å². The Kier molecular flexibility index (Phi) is 5.40. The second-order valence-corrected chi connectivity index (χ2v) is 8.01. The number of nitrogens with zero attached hydrogens (tertiary/aromatic N) is 1. The predicted molar refractivity (Wildman–Crippen MR) is 124 cm³/mol. The van der Waals surface area contributed by atoms with Crippen LogP contribution in [0.1, 0.15) is 12.0 Å². The molecule has 0 spiro atoms. The van der Waals surface area contributed by atoms with Crippen molar-refractivity contribution in [3.63, 3.8) is 0 Å². The first-order chi connectivity index (χ1) is 15.2. The number of rotatable bonds is 7. The maximum atomic E-state index is 10.5. The molecule has 0 aliphatic carbocycles. The third-order valence-corrected chi connectivity index (χ3v) is 5.98. The molecule has 1 aliphatic heterocycles. The van der Waals surface area contributed by atoms with E-state index >= 15 is 0 Å². The van der Waals surface area contributed by atoms with Crippen molar-refractivity contribution in [2.75, 3.05) is 33.4 Å². The van der Waals surface area contributed by atoms with Crippen LogP contribution in [0.2, 0.25) is 0 Å². The first-order valence-corrected chi connectivity index (χ1v) is 10.6. The summed E-state index contributed by atoms with van der Waals surface area (Å²) in [5.41, 5.74) is 4.72. The molecule has 2 aromatic heterocycles. The number of aliphatic hydroxyl groups is 1. The zero-order valence-corrected chi connectivity index (χ0v) is 17.6. The van der Waals surface area contributed by atoms with Gasteiger partial charge in [0, 0.05) is 65.5 Å². The van der Waals surface area contributed by atoms with E-state index in [4.69, 9.17) is 9.47 Å². The molecule has 31 heavy (non-hydrogen) atoms. The van der Waals surface area contributed by atoms with Gasteiger partial charge in [0.1, 0.15) is 24.2 Å². The fourth-order valence-electron chi connectivity index (χ4n) is 4.34. The Morgan fingerprint density at radius 3 is 2.87 bits per heavy atom. The molecule has 160 valence electrons. The number of hydrogen-bond acceptors (Lipinski definition) is 4. The predicted octanol–water partition coefficient (Wildman–Crippen LogP) is 4.19. The van der Waals surface area contributed by atoms with Crippen LogP contribution < -0.4 is 9.47 Å². The highest BCUT2D eigenvalue weighted by molar-refractivity contribution is 5.93. The largest absolute Gasteiger partial charge is 0.497 e. The molecule has 1 aliphatic rings. The zero-order chi connectivity index (χ0) is 21.2. The number of aliphatic hydroxyl groups excluding tert-OH is 1. The van der Waals surface area contributed by atoms with Crippen LogP contribution in [-0.2, 0) is 0 Å². The minimum absolute atomic E-state index is 0.279. The van der Waals surface area contributed by atoms with E-state index in [1.807, 2.05) is 42.6 Å². The van der Waals surface area contributed by atoms with Crippen molar-refractivity contribution in [2.45, 2.75) is 12.5 Å². The third kappa shape index (κ3) is 4.04. The number of fused-ring (bicyclic) bond motifs is 2. The summed E-state index contributed by atoms with van der Waals surface area (Å²) < 4.78 is 11.2. The standard InChI is InChI=1S/C25H27N3O3/c1-30-19-5-6-20-22(14-27-24(20)13-19)17-8-11-28(12-9-17)15-18(29)16-31-25-4-2-3-23-21(25)7-10-26-23/h2-8,10,13-14,18,26-27,29H,9,11-12,15-16H2,1H3/t18-/m0/s1. The van der Waals surface area contributed by atoms with Crippen LogP contribution >= 0.6 is 0 Å². The van der Waals surface area contributed by atoms with Crippen LogP contribution in [0.25, 0.3) is 27.4 Å². The van der Waals surface area contributed by atoms with Crippen LogP contribution in [0.5, 0.6) is 11.5 Å². The van der Waals surface area contributed by atoms with Crippen molar-refractivity contribution in [2.24, 2.45) is 0 Å². The van der Waals surface area contributed by atoms with E-state index in [1.54, 1.807) is 7.11 Å². The normalized spacial score (nSPS) is 15.9. The second-order valence-electron chi connectivity index (χ2n) is 8.01. The molecule has 2 aromatic carbocycles. The summed E-state index contributed by atoms with van der Waals surface area (Å²) in [7, 11) is 1.68. The summed E-state index contributed by atoms with van der Waals surface area (Å²) in [6.45, 7) is 2.61. The molecular weight excluding hydrogens is 390 g/mol. The molecule has 1 atom stereocenters. The van der Waals surface area contributed by atoms with Crippen molar-refractivity contribution < 1.29 is 14.6 Å². The number of H-pyrrole nitrogens is 2. The van der Waals surface area contributed by atoms with Crippen LogP contribution in [0.4, 0.5) is 0 Å². The molecule has 3 N–H and O–H groups in total. The number of aromatic nitrogens is 2. The number of ether oxygens (including phenoxy) is 2. The van der Waals surface area contributed by atoms with Gasteiger partial charge in [-0.2, -0.15) is 0 Å². The fourth-order valence-corrected chi connectivity index (χ4v) is 4.34. The summed E-state index contributed by atoms with van der Waals surface area (Å²) in [5, 5.41) is 12.8. The van der Waals surface area contributed by atoms with Crippen molar-refractivity contribution in [1.82, 2.24) is 14.9 Å². The highest BCUT2D eigenvalue weighted by Gasteiger charge is 2.18. The molecule has 0 saturated carbocycles. The molecule has 0 radical (unpaired) electrons. The smallest absolute Gasteiger partial charge is 0.128 e. The number of β-amino-alcohol motifs (C(OH)–C–C–N with tert-alkyl or cyclic N) is 1. The van der Waals surface area contributed by atoms with Gasteiger partial charge in [-0.15, -0.1) is 0 Å². The molecule has 0 fully saturated rings. The van der Waals surface area contributed by atoms with Gasteiger partial charge in [-0.1, -0.05) is 12.1 Å². The van der Waals surface area contributed by atoms with Gasteiger partial charge in [0.25, 0.3) is 0 Å². The summed E-state index contributed by atoms with van der Waals surface area (Å²) in [6, 6.07) is 14.0. The van der Waals surface area contributed by atoms with E-state index in [9.17, 15) is 5.11 Å². The molecule has 5 rings (SSSR count). The first-order valence-electron chi connectivity index (χ1n) is 10.6. The fraction of sp³-hybridized carbons (Fsp3) is 0.280. The molecule has 0 saturated heterocycles. The van der Waals surface area contributed by atoms with Gasteiger partial charge in [0.05, 0.1) is 7.11 Å². The summed E-state index contributed by atoms with van der Waals surface area (Å²) in [6.07, 6.45) is 6.66. The minimum atomic E-state index is -0.537. The highest BCUT2D eigenvalue weighted by Crippen LogP contribution is 2.31. The third-order valence-electron chi connectivity index (χ3n) is 5.98. The van der Waals surface area contributed by atoms with Crippen molar-refractivity contribution in [1.29, 1.82) is 0 Å². The monoisotopic (exact) mass is 417 g/mol. The Hall–Kier alpha value is -3.22. The van der Waals surface area contributed by atoms with Crippen molar-refractivity contribution in [3.05, 3.63) is 66.5 Å². The lowest BCUT2D eigenvalue weighted by Gasteiger charge is -2.28. The average Bonchev–Trinajstić information content (AvgIpc) is 3.45. The van der Waals surface area contributed by atoms with Gasteiger partial charge in [-0.25, -0.2) is 0 Å². The van der Waals surface area contributed by atoms with Gasteiger partial charge in [0.2, 0.25) is 0 Å². The van der Waals surface area contributed by atoms with Crippen molar-refractivity contribution in [3.8, 4) is 11.5 Å². The maximum Gasteiger partial charge on any atom is 0.128 e. The van der Waals surface area contributed by atoms with Crippen LogP contribution in [0.3, 0.4) is 0 Å². The van der Waals surface area contributed by atoms with Gasteiger partial charge in [-0.3, -0.25) is 4.90 Å². The van der Waals surface area contributed by atoms with Gasteiger partial charge in [0.15, 0.2) is 0 Å². The Bertz CT molecular complexity index is 1220. The maximum absolute atomic E-state index is 10.5. The first kappa shape index (κ1) is 19.7. The van der Waals surface area contributed by atoms with Gasteiger partial charge < -0.3 is 24.5 Å². The molecule has 6 nitrogen and oxygen atoms in total. The molecule has 0 unspecified atom stereocenters. The molecule has 4 aromatic rings. The summed E-state index contributed by atoms with van der Waals surface area (Å²) in [4.78, 5) is 8.80. The summed E-state index contributed by atoms with van der Waals surface area (Å²) in [5.74, 6) is 1.66. The lowest BCUT2D eigenvalue weighted by molar-refractivity contribution is 0.0722. The molecular formula is C25H27N3O3. The van der Waals surface area contributed by atoms with Crippen molar-refractivity contribution >= 4 is 27.4 Å². The van der Waals surface area contributed by atoms with E-state index < -0.39 is 6.10 Å². The number of methoxy groups -OCH3 is 1. The van der Waals surface area contributed by atoms with Crippen LogP contribution in [0, 0.1) is 0 Å². The lowest BCUT2D eigenvalue weighted by atomic mass is 9.98. The average molecular weight is 418 g/mol. The SMILES string of the molecule is COc1ccc2c(C3=CCN(C[C@H](O)COc4cccc5[nH]ccc45)CC3)c[nH]c2c1.